The van der Waals surface area contributed by atoms with Crippen LogP contribution in [0, 0.1) is 5.92 Å². The molecular weight excluding hydrogens is 751 g/mol. The van der Waals surface area contributed by atoms with E-state index in [0.717, 1.165) is 99.9 Å². The van der Waals surface area contributed by atoms with Gasteiger partial charge in [0.25, 0.3) is 0 Å². The molecule has 1 aliphatic rings. The van der Waals surface area contributed by atoms with E-state index < -0.39 is 0 Å². The maximum atomic E-state index is 12.5. The van der Waals surface area contributed by atoms with Crippen molar-refractivity contribution in [2.45, 2.75) is 226 Å². The molecule has 0 saturated heterocycles. The van der Waals surface area contributed by atoms with Gasteiger partial charge in [0, 0.05) is 30.9 Å². The molecule has 0 aromatic heterocycles. The number of rotatable bonds is 43. The normalized spacial score (nSPS) is 14.6. The SMILES string of the molecule is CCCCCCCC(=O)OC(CCCC)CSCCCCCCCCN(CCCCCSCC(CCCCC1CCCCC1)OC(=O)CCCC)CCOCCO. The van der Waals surface area contributed by atoms with E-state index >= 15 is 0 Å². The summed E-state index contributed by atoms with van der Waals surface area (Å²) < 4.78 is 17.5. The Balaban J connectivity index is 2.24. The molecule has 2 unspecified atom stereocenters. The number of hydrogen-bond acceptors (Lipinski definition) is 9. The van der Waals surface area contributed by atoms with E-state index in [9.17, 15) is 9.59 Å². The highest BCUT2D eigenvalue weighted by Crippen LogP contribution is 2.28. The van der Waals surface area contributed by atoms with Crippen molar-refractivity contribution in [2.75, 3.05) is 62.5 Å². The second-order valence-electron chi connectivity index (χ2n) is 16.9. The first kappa shape index (κ1) is 54.5. The van der Waals surface area contributed by atoms with Crippen LogP contribution in [0.25, 0.3) is 0 Å². The number of esters is 2. The van der Waals surface area contributed by atoms with Crippen molar-refractivity contribution in [2.24, 2.45) is 5.92 Å². The van der Waals surface area contributed by atoms with Crippen LogP contribution in [0.1, 0.15) is 213 Å². The van der Waals surface area contributed by atoms with Crippen molar-refractivity contribution >= 4 is 35.5 Å². The Labute approximate surface area is 361 Å². The van der Waals surface area contributed by atoms with Gasteiger partial charge in [-0.3, -0.25) is 9.59 Å². The van der Waals surface area contributed by atoms with Crippen molar-refractivity contribution in [1.29, 1.82) is 0 Å². The van der Waals surface area contributed by atoms with Crippen LogP contribution in [0.2, 0.25) is 0 Å². The summed E-state index contributed by atoms with van der Waals surface area (Å²) in [7, 11) is 0. The van der Waals surface area contributed by atoms with Crippen molar-refractivity contribution in [3.8, 4) is 0 Å². The van der Waals surface area contributed by atoms with Gasteiger partial charge < -0.3 is 24.2 Å². The van der Waals surface area contributed by atoms with Crippen LogP contribution >= 0.6 is 23.5 Å². The fraction of sp³-hybridized carbons (Fsp3) is 0.958. The quantitative estimate of drug-likeness (QED) is 0.0476. The number of ether oxygens (including phenoxy) is 3. The molecule has 1 fully saturated rings. The number of carbonyl (C=O) groups excluding carboxylic acids is 2. The van der Waals surface area contributed by atoms with Gasteiger partial charge in [-0.25, -0.2) is 0 Å². The zero-order chi connectivity index (χ0) is 41.3. The summed E-state index contributed by atoms with van der Waals surface area (Å²) in [5, 5.41) is 9.13. The minimum Gasteiger partial charge on any atom is -0.461 e. The van der Waals surface area contributed by atoms with Gasteiger partial charge in [0.15, 0.2) is 0 Å². The molecule has 0 heterocycles. The Hall–Kier alpha value is -0.480. The highest BCUT2D eigenvalue weighted by molar-refractivity contribution is 7.99. The highest BCUT2D eigenvalue weighted by atomic mass is 32.2. The van der Waals surface area contributed by atoms with Crippen molar-refractivity contribution in [3.63, 3.8) is 0 Å². The van der Waals surface area contributed by atoms with E-state index in [0.29, 0.717) is 26.1 Å². The predicted molar refractivity (Wildman–Crippen MR) is 248 cm³/mol. The molecule has 2 atom stereocenters. The van der Waals surface area contributed by atoms with Gasteiger partial charge in [0.2, 0.25) is 0 Å². The molecule has 1 saturated carbocycles. The Kier molecular flexibility index (Phi) is 40.4. The van der Waals surface area contributed by atoms with E-state index in [1.54, 1.807) is 0 Å². The molecule has 338 valence electrons. The largest absolute Gasteiger partial charge is 0.461 e. The van der Waals surface area contributed by atoms with Gasteiger partial charge in [-0.2, -0.15) is 23.5 Å². The molecule has 1 rings (SSSR count). The number of unbranched alkanes of at least 4 members (excludes halogenated alkanes) is 14. The molecule has 0 radical (unpaired) electrons. The fourth-order valence-electron chi connectivity index (χ4n) is 7.84. The highest BCUT2D eigenvalue weighted by Gasteiger charge is 2.17. The molecule has 0 bridgehead atoms. The second-order valence-corrected chi connectivity index (χ2v) is 19.2. The van der Waals surface area contributed by atoms with Crippen molar-refractivity contribution in [3.05, 3.63) is 0 Å². The zero-order valence-corrected chi connectivity index (χ0v) is 39.4. The van der Waals surface area contributed by atoms with Gasteiger partial charge in [0.05, 0.1) is 19.8 Å². The van der Waals surface area contributed by atoms with Crippen LogP contribution in [0.5, 0.6) is 0 Å². The van der Waals surface area contributed by atoms with Crippen LogP contribution in [0.3, 0.4) is 0 Å². The topological polar surface area (TPSA) is 85.3 Å². The van der Waals surface area contributed by atoms with E-state index in [-0.39, 0.29) is 30.8 Å². The van der Waals surface area contributed by atoms with Crippen LogP contribution in [0.4, 0.5) is 0 Å². The molecule has 0 spiro atoms. The maximum Gasteiger partial charge on any atom is 0.306 e. The number of aliphatic hydroxyl groups excluding tert-OH is 1. The first-order valence-electron chi connectivity index (χ1n) is 24.5. The average molecular weight is 844 g/mol. The van der Waals surface area contributed by atoms with E-state index in [1.165, 1.54) is 128 Å². The van der Waals surface area contributed by atoms with Crippen LogP contribution in [-0.2, 0) is 23.8 Å². The van der Waals surface area contributed by atoms with Gasteiger partial charge in [-0.1, -0.05) is 143 Å². The first-order valence-corrected chi connectivity index (χ1v) is 26.8. The molecule has 57 heavy (non-hydrogen) atoms. The third-order valence-electron chi connectivity index (χ3n) is 11.5. The summed E-state index contributed by atoms with van der Waals surface area (Å²) >= 11 is 3.94. The van der Waals surface area contributed by atoms with Gasteiger partial charge in [-0.15, -0.1) is 0 Å². The Morgan fingerprint density at radius 1 is 0.579 bits per heavy atom. The number of hydrogen-bond donors (Lipinski definition) is 1. The third-order valence-corrected chi connectivity index (χ3v) is 13.8. The van der Waals surface area contributed by atoms with E-state index in [4.69, 9.17) is 19.3 Å². The van der Waals surface area contributed by atoms with Crippen molar-refractivity contribution < 1.29 is 28.9 Å². The number of carbonyl (C=O) groups is 2. The standard InChI is InChI=1S/C48H93NO6S2/c1-4-7-10-13-20-33-48(52)54-45(30-8-5-2)42-56-40-25-15-12-11-14-23-34-49(36-38-53-39-37-50)35-24-17-26-41-57-43-46(55-47(51)32-9-6-3)31-22-21-29-44-27-18-16-19-28-44/h44-46,50H,4-43H2,1-3H3. The Morgan fingerprint density at radius 3 is 1.72 bits per heavy atom. The lowest BCUT2D eigenvalue weighted by Crippen LogP contribution is -2.30. The predicted octanol–water partition coefficient (Wildman–Crippen LogP) is 13.0. The minimum atomic E-state index is -0.00105. The van der Waals surface area contributed by atoms with E-state index in [1.807, 2.05) is 23.5 Å². The van der Waals surface area contributed by atoms with Gasteiger partial charge >= 0.3 is 11.9 Å². The van der Waals surface area contributed by atoms with Crippen molar-refractivity contribution in [1.82, 2.24) is 4.90 Å². The minimum absolute atomic E-state index is 0.00105. The summed E-state index contributed by atoms with van der Waals surface area (Å²) in [5.74, 6) is 5.11. The molecule has 1 aliphatic carbocycles. The molecule has 7 nitrogen and oxygen atoms in total. The number of aliphatic hydroxyl groups is 1. The van der Waals surface area contributed by atoms with E-state index in [2.05, 4.69) is 25.7 Å². The lowest BCUT2D eigenvalue weighted by atomic mass is 9.85. The lowest BCUT2D eigenvalue weighted by molar-refractivity contribution is -0.149. The lowest BCUT2D eigenvalue weighted by Gasteiger charge is -2.22. The Bertz CT molecular complexity index is 876. The first-order chi connectivity index (χ1) is 28.0. The second kappa shape index (κ2) is 42.2. The molecule has 1 N–H and O–H groups in total. The molecule has 9 heteroatoms. The summed E-state index contributed by atoms with van der Waals surface area (Å²) in [5.41, 5.74) is 0. The number of thioether (sulfide) groups is 2. The smallest absolute Gasteiger partial charge is 0.306 e. The summed E-state index contributed by atoms with van der Waals surface area (Å²) in [6, 6.07) is 0. The molecular formula is C48H93NO6S2. The molecule has 0 aliphatic heterocycles. The average Bonchev–Trinajstić information content (AvgIpc) is 3.22. The molecule has 0 amide bonds. The monoisotopic (exact) mass is 844 g/mol. The Morgan fingerprint density at radius 2 is 1.11 bits per heavy atom. The molecule has 0 aromatic rings. The zero-order valence-electron chi connectivity index (χ0n) is 37.8. The van der Waals surface area contributed by atoms with Crippen LogP contribution < -0.4 is 0 Å². The summed E-state index contributed by atoms with van der Waals surface area (Å²) in [6.45, 7) is 10.9. The summed E-state index contributed by atoms with van der Waals surface area (Å²) in [6.07, 6.45) is 35.5. The molecule has 0 aromatic carbocycles. The number of nitrogens with zero attached hydrogens (tertiary/aromatic N) is 1. The third kappa shape index (κ3) is 35.9. The summed E-state index contributed by atoms with van der Waals surface area (Å²) in [4.78, 5) is 27.4. The van der Waals surface area contributed by atoms with Crippen LogP contribution in [-0.4, -0.2) is 96.6 Å². The van der Waals surface area contributed by atoms with Crippen LogP contribution in [0.15, 0.2) is 0 Å². The van der Waals surface area contributed by atoms with Gasteiger partial charge in [0.1, 0.15) is 12.2 Å². The maximum absolute atomic E-state index is 12.5. The van der Waals surface area contributed by atoms with Gasteiger partial charge in [-0.05, 0) is 88.3 Å². The fourth-order valence-corrected chi connectivity index (χ4v) is 9.98.